The number of carboxylic acids is 1. The van der Waals surface area contributed by atoms with Gasteiger partial charge in [0, 0.05) is 31.4 Å². The molecule has 0 saturated heterocycles. The Balaban J connectivity index is 1.44. The molecule has 0 fully saturated rings. The summed E-state index contributed by atoms with van der Waals surface area (Å²) in [6.45, 7) is 0.276. The molecule has 148 valence electrons. The van der Waals surface area contributed by atoms with Gasteiger partial charge in [-0.1, -0.05) is 24.3 Å². The second-order valence-electron chi connectivity index (χ2n) is 6.97. The fourth-order valence-electron chi connectivity index (χ4n) is 3.54. The van der Waals surface area contributed by atoms with Crippen molar-refractivity contribution in [3.63, 3.8) is 0 Å². The summed E-state index contributed by atoms with van der Waals surface area (Å²) in [5.41, 5.74) is 2.61. The predicted molar refractivity (Wildman–Crippen MR) is 102 cm³/mol. The number of benzene rings is 2. The number of fused-ring (bicyclic) bond motifs is 1. The molecule has 2 heterocycles. The highest BCUT2D eigenvalue weighted by atomic mass is 19.1. The predicted octanol–water partition coefficient (Wildman–Crippen LogP) is 3.45. The zero-order valence-corrected chi connectivity index (χ0v) is 15.5. The van der Waals surface area contributed by atoms with Crippen LogP contribution in [-0.2, 0) is 29.0 Å². The summed E-state index contributed by atoms with van der Waals surface area (Å²) in [5.74, 6) is -0.740. The fourth-order valence-corrected chi connectivity index (χ4v) is 3.54. The van der Waals surface area contributed by atoms with Crippen LogP contribution in [0.1, 0.15) is 23.4 Å². The third-order valence-corrected chi connectivity index (χ3v) is 5.09. The number of carbonyl (C=O) groups excluding carboxylic acids is 1. The van der Waals surface area contributed by atoms with E-state index in [0.717, 1.165) is 11.1 Å². The first kappa shape index (κ1) is 18.9. The maximum Gasteiger partial charge on any atom is 0.326 e. The largest absolute Gasteiger partial charge is 0.480 e. The van der Waals surface area contributed by atoms with E-state index in [-0.39, 0.29) is 31.1 Å². The van der Waals surface area contributed by atoms with E-state index in [0.29, 0.717) is 23.6 Å². The van der Waals surface area contributed by atoms with E-state index in [1.54, 1.807) is 12.1 Å². The van der Waals surface area contributed by atoms with Crippen LogP contribution in [0, 0.1) is 5.82 Å². The normalized spacial score (nSPS) is 15.8. The molecule has 4 rings (SSSR count). The van der Waals surface area contributed by atoms with Gasteiger partial charge >= 0.3 is 5.97 Å². The van der Waals surface area contributed by atoms with Gasteiger partial charge < -0.3 is 14.4 Å². The zero-order chi connectivity index (χ0) is 20.4. The second-order valence-corrected chi connectivity index (χ2v) is 6.97. The quantitative estimate of drug-likeness (QED) is 0.717. The van der Waals surface area contributed by atoms with E-state index in [9.17, 15) is 19.1 Å². The monoisotopic (exact) mass is 394 g/mol. The SMILES string of the molecule is O=C(O)[C@H]1Cc2ccccc2CN1C(=O)CCc1ncc(-c2ccc(F)cc2)o1. The van der Waals surface area contributed by atoms with Crippen molar-refractivity contribution < 1.29 is 23.5 Å². The zero-order valence-electron chi connectivity index (χ0n) is 15.5. The summed E-state index contributed by atoms with van der Waals surface area (Å²) in [6, 6.07) is 12.5. The van der Waals surface area contributed by atoms with Crippen molar-refractivity contribution in [3.05, 3.63) is 77.6 Å². The van der Waals surface area contributed by atoms with E-state index in [1.807, 2.05) is 24.3 Å². The number of aliphatic carboxylic acids is 1. The first-order valence-corrected chi connectivity index (χ1v) is 9.31. The van der Waals surface area contributed by atoms with Crippen molar-refractivity contribution in [2.24, 2.45) is 0 Å². The molecule has 0 radical (unpaired) electrons. The summed E-state index contributed by atoms with van der Waals surface area (Å²) in [5, 5.41) is 9.57. The minimum atomic E-state index is -1.01. The fraction of sp³-hybridized carbons (Fsp3) is 0.227. The molecule has 0 unspecified atom stereocenters. The lowest BCUT2D eigenvalue weighted by Crippen LogP contribution is -2.48. The number of aryl methyl sites for hydroxylation is 1. The summed E-state index contributed by atoms with van der Waals surface area (Å²) in [7, 11) is 0. The number of carbonyl (C=O) groups is 2. The second kappa shape index (κ2) is 7.87. The number of halogens is 1. The van der Waals surface area contributed by atoms with Gasteiger partial charge in [-0.05, 0) is 35.4 Å². The molecule has 1 amide bonds. The third-order valence-electron chi connectivity index (χ3n) is 5.09. The minimum absolute atomic E-state index is 0.0926. The molecular formula is C22H19FN2O4. The Morgan fingerprint density at radius 1 is 1.14 bits per heavy atom. The molecular weight excluding hydrogens is 375 g/mol. The van der Waals surface area contributed by atoms with Crippen LogP contribution >= 0.6 is 0 Å². The van der Waals surface area contributed by atoms with Gasteiger partial charge in [-0.2, -0.15) is 0 Å². The van der Waals surface area contributed by atoms with Gasteiger partial charge in [0.15, 0.2) is 11.7 Å². The number of rotatable bonds is 5. The molecule has 0 spiro atoms. The third kappa shape index (κ3) is 4.03. The molecule has 1 aromatic heterocycles. The highest BCUT2D eigenvalue weighted by Crippen LogP contribution is 2.25. The van der Waals surface area contributed by atoms with Crippen molar-refractivity contribution in [3.8, 4) is 11.3 Å². The summed E-state index contributed by atoms with van der Waals surface area (Å²) >= 11 is 0. The summed E-state index contributed by atoms with van der Waals surface area (Å²) < 4.78 is 18.7. The number of carboxylic acid groups (broad SMARTS) is 1. The number of aromatic nitrogens is 1. The van der Waals surface area contributed by atoms with Gasteiger partial charge in [0.05, 0.1) is 6.20 Å². The number of amides is 1. The maximum absolute atomic E-state index is 13.0. The molecule has 1 aliphatic rings. The van der Waals surface area contributed by atoms with Crippen molar-refractivity contribution in [1.29, 1.82) is 0 Å². The first-order valence-electron chi connectivity index (χ1n) is 9.31. The van der Waals surface area contributed by atoms with Gasteiger partial charge in [0.1, 0.15) is 11.9 Å². The Kier molecular flexibility index (Phi) is 5.12. The van der Waals surface area contributed by atoms with Crippen molar-refractivity contribution >= 4 is 11.9 Å². The van der Waals surface area contributed by atoms with E-state index in [4.69, 9.17) is 4.42 Å². The van der Waals surface area contributed by atoms with Crippen LogP contribution < -0.4 is 0 Å². The number of nitrogens with zero attached hydrogens (tertiary/aromatic N) is 2. The van der Waals surface area contributed by atoms with E-state index in [1.165, 1.54) is 23.2 Å². The lowest BCUT2D eigenvalue weighted by molar-refractivity contribution is -0.151. The molecule has 1 aliphatic heterocycles. The highest BCUT2D eigenvalue weighted by Gasteiger charge is 2.34. The molecule has 1 atom stereocenters. The van der Waals surface area contributed by atoms with E-state index >= 15 is 0 Å². The Labute approximate surface area is 166 Å². The smallest absolute Gasteiger partial charge is 0.326 e. The summed E-state index contributed by atoms with van der Waals surface area (Å²) in [4.78, 5) is 30.0. The average Bonchev–Trinajstić information content (AvgIpc) is 3.20. The maximum atomic E-state index is 13.0. The Morgan fingerprint density at radius 2 is 1.86 bits per heavy atom. The standard InChI is InChI=1S/C22H19FN2O4/c23-17-7-5-14(6-8-17)19-12-24-20(29-19)9-10-21(26)25-13-16-4-2-1-3-15(16)11-18(25)22(27)28/h1-8,12,18H,9-11,13H2,(H,27,28)/t18-/m1/s1. The van der Waals surface area contributed by atoms with Crippen LogP contribution in [0.25, 0.3) is 11.3 Å². The van der Waals surface area contributed by atoms with Gasteiger partial charge in [0.25, 0.3) is 0 Å². The lowest BCUT2D eigenvalue weighted by Gasteiger charge is -2.34. The van der Waals surface area contributed by atoms with Crippen LogP contribution in [0.3, 0.4) is 0 Å². The molecule has 3 aromatic rings. The van der Waals surface area contributed by atoms with Crippen LogP contribution in [0.15, 0.2) is 59.1 Å². The topological polar surface area (TPSA) is 83.6 Å². The Bertz CT molecular complexity index is 1040. The van der Waals surface area contributed by atoms with Crippen LogP contribution in [0.5, 0.6) is 0 Å². The highest BCUT2D eigenvalue weighted by molar-refractivity contribution is 5.84. The molecule has 29 heavy (non-hydrogen) atoms. The van der Waals surface area contributed by atoms with Crippen molar-refractivity contribution in [2.45, 2.75) is 31.8 Å². The van der Waals surface area contributed by atoms with E-state index in [2.05, 4.69) is 4.98 Å². The molecule has 0 saturated carbocycles. The number of oxazole rings is 1. The number of hydrogen-bond acceptors (Lipinski definition) is 4. The van der Waals surface area contributed by atoms with Gasteiger partial charge in [-0.15, -0.1) is 0 Å². The molecule has 2 aromatic carbocycles. The van der Waals surface area contributed by atoms with Gasteiger partial charge in [0.2, 0.25) is 5.91 Å². The Morgan fingerprint density at radius 3 is 2.59 bits per heavy atom. The molecule has 0 aliphatic carbocycles. The van der Waals surface area contributed by atoms with Crippen LogP contribution in [-0.4, -0.2) is 32.9 Å². The van der Waals surface area contributed by atoms with Crippen LogP contribution in [0.4, 0.5) is 4.39 Å². The molecule has 7 heteroatoms. The first-order chi connectivity index (χ1) is 14.0. The molecule has 6 nitrogen and oxygen atoms in total. The summed E-state index contributed by atoms with van der Waals surface area (Å²) in [6.07, 6.45) is 2.18. The average molecular weight is 394 g/mol. The lowest BCUT2D eigenvalue weighted by atomic mass is 9.93. The van der Waals surface area contributed by atoms with Crippen molar-refractivity contribution in [2.75, 3.05) is 0 Å². The molecule has 1 N–H and O–H groups in total. The van der Waals surface area contributed by atoms with Gasteiger partial charge in [-0.3, -0.25) is 4.79 Å². The van der Waals surface area contributed by atoms with Crippen molar-refractivity contribution in [1.82, 2.24) is 9.88 Å². The number of hydrogen-bond donors (Lipinski definition) is 1. The Hall–Kier alpha value is -3.48. The minimum Gasteiger partial charge on any atom is -0.480 e. The molecule has 0 bridgehead atoms. The van der Waals surface area contributed by atoms with Crippen LogP contribution in [0.2, 0.25) is 0 Å². The van der Waals surface area contributed by atoms with E-state index < -0.39 is 12.0 Å². The van der Waals surface area contributed by atoms with Gasteiger partial charge in [-0.25, -0.2) is 14.2 Å².